The Balaban J connectivity index is 2.05. The highest BCUT2D eigenvalue weighted by molar-refractivity contribution is 9.10. The van der Waals surface area contributed by atoms with Gasteiger partial charge in [-0.2, -0.15) is 5.10 Å². The highest BCUT2D eigenvalue weighted by atomic mass is 79.9. The van der Waals surface area contributed by atoms with Crippen molar-refractivity contribution in [3.63, 3.8) is 0 Å². The Labute approximate surface area is 134 Å². The van der Waals surface area contributed by atoms with Crippen molar-refractivity contribution in [3.05, 3.63) is 21.0 Å². The van der Waals surface area contributed by atoms with Crippen LogP contribution in [0.2, 0.25) is 0 Å². The monoisotopic (exact) mass is 357 g/mol. The van der Waals surface area contributed by atoms with Crippen molar-refractivity contribution in [2.75, 3.05) is 19.0 Å². The Morgan fingerprint density at radius 1 is 1.33 bits per heavy atom. The maximum atomic E-state index is 12.2. The zero-order valence-electron chi connectivity index (χ0n) is 12.6. The highest BCUT2D eigenvalue weighted by Gasteiger charge is 2.15. The number of nitrogens with one attached hydrogen (secondary N) is 1. The lowest BCUT2D eigenvalue weighted by Crippen LogP contribution is -2.28. The molecule has 1 aromatic heterocycles. The van der Waals surface area contributed by atoms with E-state index in [2.05, 4.69) is 26.3 Å². The topological polar surface area (TPSA) is 56.1 Å². The predicted molar refractivity (Wildman–Crippen MR) is 87.8 cm³/mol. The summed E-state index contributed by atoms with van der Waals surface area (Å²) in [6.07, 6.45) is 10.6. The van der Waals surface area contributed by atoms with Gasteiger partial charge in [-0.1, -0.05) is 32.1 Å². The van der Waals surface area contributed by atoms with Gasteiger partial charge in [0.1, 0.15) is 4.47 Å². The van der Waals surface area contributed by atoms with Crippen LogP contribution < -0.4 is 10.9 Å². The van der Waals surface area contributed by atoms with E-state index < -0.39 is 0 Å². The first-order valence-corrected chi connectivity index (χ1v) is 8.52. The smallest absolute Gasteiger partial charge is 0.283 e. The molecule has 1 heterocycles. The number of methoxy groups -OCH3 is 1. The fourth-order valence-corrected chi connectivity index (χ4v) is 3.14. The van der Waals surface area contributed by atoms with E-state index >= 15 is 0 Å². The second-order valence-electron chi connectivity index (χ2n) is 5.58. The molecule has 5 nitrogen and oxygen atoms in total. The summed E-state index contributed by atoms with van der Waals surface area (Å²) in [5.74, 6) is 0. The molecule has 0 aromatic carbocycles. The fourth-order valence-electron chi connectivity index (χ4n) is 2.72. The number of halogens is 1. The van der Waals surface area contributed by atoms with Crippen molar-refractivity contribution >= 4 is 21.6 Å². The zero-order valence-corrected chi connectivity index (χ0v) is 14.2. The molecular weight excluding hydrogens is 334 g/mol. The van der Waals surface area contributed by atoms with Crippen LogP contribution in [0.3, 0.4) is 0 Å². The Morgan fingerprint density at radius 3 is 2.67 bits per heavy atom. The number of anilines is 1. The van der Waals surface area contributed by atoms with E-state index in [0.717, 1.165) is 5.69 Å². The van der Waals surface area contributed by atoms with E-state index in [9.17, 15) is 4.79 Å². The third kappa shape index (κ3) is 4.81. The molecule has 118 valence electrons. The summed E-state index contributed by atoms with van der Waals surface area (Å²) in [4.78, 5) is 12.2. The summed E-state index contributed by atoms with van der Waals surface area (Å²) >= 11 is 3.41. The van der Waals surface area contributed by atoms with Crippen molar-refractivity contribution in [2.24, 2.45) is 0 Å². The van der Waals surface area contributed by atoms with Crippen LogP contribution in [-0.4, -0.2) is 29.5 Å². The molecule has 0 saturated heterocycles. The summed E-state index contributed by atoms with van der Waals surface area (Å²) in [5, 5.41) is 7.70. The summed E-state index contributed by atoms with van der Waals surface area (Å²) in [7, 11) is 1.62. The Morgan fingerprint density at radius 2 is 2.00 bits per heavy atom. The first-order chi connectivity index (χ1) is 10.2. The lowest BCUT2D eigenvalue weighted by atomic mass is 9.96. The van der Waals surface area contributed by atoms with Crippen LogP contribution in [0.1, 0.15) is 44.9 Å². The quantitative estimate of drug-likeness (QED) is 0.879. The van der Waals surface area contributed by atoms with E-state index in [1.54, 1.807) is 13.3 Å². The standard InChI is InChI=1S/C15H24BrN3O2/c1-21-10-9-19-15(20)14(16)13(11-17-19)18-12-7-5-3-2-4-6-8-12/h11-12,18H,2-10H2,1H3. The molecule has 0 bridgehead atoms. The second kappa shape index (κ2) is 8.54. The number of hydrogen-bond donors (Lipinski definition) is 1. The number of ether oxygens (including phenoxy) is 1. The third-order valence-electron chi connectivity index (χ3n) is 3.96. The Bertz CT molecular complexity index is 496. The lowest BCUT2D eigenvalue weighted by molar-refractivity contribution is 0.181. The number of hydrogen-bond acceptors (Lipinski definition) is 4. The molecule has 0 amide bonds. The molecule has 1 aliphatic rings. The Kier molecular flexibility index (Phi) is 6.70. The van der Waals surface area contributed by atoms with Gasteiger partial charge in [-0.25, -0.2) is 4.68 Å². The molecular formula is C15H24BrN3O2. The molecule has 1 saturated carbocycles. The normalized spacial score (nSPS) is 17.2. The summed E-state index contributed by atoms with van der Waals surface area (Å²) in [6, 6.07) is 0.442. The predicted octanol–water partition coefficient (Wildman–Crippen LogP) is 3.18. The molecule has 0 unspecified atom stereocenters. The van der Waals surface area contributed by atoms with Gasteiger partial charge in [0.2, 0.25) is 0 Å². The Hall–Kier alpha value is -0.880. The second-order valence-corrected chi connectivity index (χ2v) is 6.37. The lowest BCUT2D eigenvalue weighted by Gasteiger charge is -2.22. The SMILES string of the molecule is COCCn1ncc(NC2CCCCCCC2)c(Br)c1=O. The maximum absolute atomic E-state index is 12.2. The number of nitrogens with zero attached hydrogens (tertiary/aromatic N) is 2. The minimum Gasteiger partial charge on any atom is -0.383 e. The number of rotatable bonds is 5. The molecule has 1 N–H and O–H groups in total. The van der Waals surface area contributed by atoms with Gasteiger partial charge in [-0.3, -0.25) is 4.79 Å². The van der Waals surface area contributed by atoms with E-state index in [1.807, 2.05) is 0 Å². The fraction of sp³-hybridized carbons (Fsp3) is 0.733. The third-order valence-corrected chi connectivity index (χ3v) is 4.72. The van der Waals surface area contributed by atoms with Crippen LogP contribution in [0.15, 0.2) is 15.5 Å². The summed E-state index contributed by atoms with van der Waals surface area (Å²) < 4.78 is 6.98. The first-order valence-electron chi connectivity index (χ1n) is 7.73. The molecule has 1 aromatic rings. The van der Waals surface area contributed by atoms with E-state index in [-0.39, 0.29) is 5.56 Å². The van der Waals surface area contributed by atoms with Crippen molar-refractivity contribution in [3.8, 4) is 0 Å². The minimum absolute atomic E-state index is 0.108. The van der Waals surface area contributed by atoms with Crippen LogP contribution in [0.4, 0.5) is 5.69 Å². The summed E-state index contributed by atoms with van der Waals surface area (Å²) in [6.45, 7) is 0.951. The van der Waals surface area contributed by atoms with Crippen molar-refractivity contribution in [1.29, 1.82) is 0 Å². The van der Waals surface area contributed by atoms with Crippen LogP contribution in [0.5, 0.6) is 0 Å². The number of aromatic nitrogens is 2. The van der Waals surface area contributed by atoms with Crippen molar-refractivity contribution in [1.82, 2.24) is 9.78 Å². The summed E-state index contributed by atoms with van der Waals surface area (Å²) in [5.41, 5.74) is 0.696. The van der Waals surface area contributed by atoms with Gasteiger partial charge in [-0.05, 0) is 28.8 Å². The van der Waals surface area contributed by atoms with Crippen LogP contribution in [0, 0.1) is 0 Å². The molecule has 1 aliphatic carbocycles. The van der Waals surface area contributed by atoms with E-state index in [0.29, 0.717) is 23.7 Å². The first kappa shape index (κ1) is 16.5. The average molecular weight is 358 g/mol. The zero-order chi connectivity index (χ0) is 15.1. The van der Waals surface area contributed by atoms with Gasteiger partial charge < -0.3 is 10.1 Å². The molecule has 6 heteroatoms. The molecule has 1 fully saturated rings. The van der Waals surface area contributed by atoms with Gasteiger partial charge in [0, 0.05) is 13.2 Å². The average Bonchev–Trinajstić information content (AvgIpc) is 2.45. The van der Waals surface area contributed by atoms with Gasteiger partial charge in [-0.15, -0.1) is 0 Å². The molecule has 2 rings (SSSR count). The van der Waals surface area contributed by atoms with Gasteiger partial charge in [0.15, 0.2) is 0 Å². The molecule has 0 aliphatic heterocycles. The van der Waals surface area contributed by atoms with E-state index in [1.165, 1.54) is 49.6 Å². The van der Waals surface area contributed by atoms with Crippen molar-refractivity contribution < 1.29 is 4.74 Å². The minimum atomic E-state index is -0.108. The molecule has 0 spiro atoms. The molecule has 0 atom stereocenters. The molecule has 21 heavy (non-hydrogen) atoms. The van der Waals surface area contributed by atoms with Gasteiger partial charge in [0.25, 0.3) is 5.56 Å². The largest absolute Gasteiger partial charge is 0.383 e. The highest BCUT2D eigenvalue weighted by Crippen LogP contribution is 2.23. The molecule has 0 radical (unpaired) electrons. The van der Waals surface area contributed by atoms with Crippen LogP contribution in [0.25, 0.3) is 0 Å². The van der Waals surface area contributed by atoms with Crippen LogP contribution >= 0.6 is 15.9 Å². The van der Waals surface area contributed by atoms with Gasteiger partial charge in [0.05, 0.1) is 25.0 Å². The van der Waals surface area contributed by atoms with E-state index in [4.69, 9.17) is 4.74 Å². The van der Waals surface area contributed by atoms with Gasteiger partial charge >= 0.3 is 0 Å². The van der Waals surface area contributed by atoms with Crippen molar-refractivity contribution in [2.45, 2.75) is 57.5 Å². The maximum Gasteiger partial charge on any atom is 0.283 e. The van der Waals surface area contributed by atoms with Crippen LogP contribution in [-0.2, 0) is 11.3 Å².